The third-order valence-corrected chi connectivity index (χ3v) is 11.6. The van der Waals surface area contributed by atoms with E-state index in [0.29, 0.717) is 54.5 Å². The van der Waals surface area contributed by atoms with Crippen molar-refractivity contribution in [1.29, 1.82) is 0 Å². The molecule has 0 aliphatic heterocycles. The van der Waals surface area contributed by atoms with Gasteiger partial charge in [-0.05, 0) is 108 Å². The molecule has 0 heterocycles. The van der Waals surface area contributed by atoms with Gasteiger partial charge in [-0.15, -0.1) is 0 Å². The van der Waals surface area contributed by atoms with Crippen molar-refractivity contribution in [2.75, 3.05) is 20.0 Å². The minimum Gasteiger partial charge on any atom is -0.350 e. The molecule has 16 N–H and O–H groups in total. The van der Waals surface area contributed by atoms with E-state index >= 15 is 8.42 Å². The molecular formula is C32H34N12O6S. The second-order valence-electron chi connectivity index (χ2n) is 12.1. The standard InChI is InChI=1S/C32H34N12O6S/c1-11-19(41(37)29(33)45)7-5-15-17-9-21(43(39)31(35)47)13(3)27(25(17)23(11)15)51(49,50)28-14(4)22(44(40)32(36)48)10-18-16-6-8-20(42(38)30(34)46)12(2)24(16)26(18)28/h5-10H,37-40H2,1-4H3,(H2,33,45)(H2,34,46)(H2,35,47)(H2,36,48). The second kappa shape index (κ2) is 11.4. The number of hydrogen-bond acceptors (Lipinski definition) is 10. The van der Waals surface area contributed by atoms with Gasteiger partial charge in [-0.2, -0.15) is 0 Å². The summed E-state index contributed by atoms with van der Waals surface area (Å²) in [5, 5.41) is 2.73. The third kappa shape index (κ3) is 4.67. The van der Waals surface area contributed by atoms with Crippen LogP contribution in [-0.4, -0.2) is 32.5 Å². The van der Waals surface area contributed by atoms with E-state index in [1.165, 1.54) is 26.0 Å². The number of nitrogens with two attached hydrogens (primary N) is 8. The third-order valence-electron chi connectivity index (χ3n) is 9.48. The number of carbonyl (C=O) groups is 4. The number of fused-ring (bicyclic) bond motifs is 8. The Hall–Kier alpha value is -6.25. The molecule has 6 rings (SSSR count). The summed E-state index contributed by atoms with van der Waals surface area (Å²) in [6, 6.07) is 5.38. The van der Waals surface area contributed by atoms with Gasteiger partial charge in [0, 0.05) is 11.1 Å². The topological polar surface area (TPSA) is 324 Å². The number of amides is 8. The molecule has 0 saturated heterocycles. The van der Waals surface area contributed by atoms with Crippen LogP contribution in [0.1, 0.15) is 22.3 Å². The number of sulfone groups is 1. The average molecular weight is 715 g/mol. The predicted octanol–water partition coefficient (Wildman–Crippen LogP) is 2.08. The van der Waals surface area contributed by atoms with Crippen LogP contribution in [0, 0.1) is 27.7 Å². The van der Waals surface area contributed by atoms with E-state index < -0.39 is 34.0 Å². The molecule has 18 nitrogen and oxygen atoms in total. The first-order valence-corrected chi connectivity index (χ1v) is 16.5. The molecule has 51 heavy (non-hydrogen) atoms. The van der Waals surface area contributed by atoms with Crippen LogP contribution in [0.5, 0.6) is 0 Å². The molecule has 0 fully saturated rings. The molecule has 0 unspecified atom stereocenters. The fraction of sp³-hybridized carbons (Fsp3) is 0.125. The highest BCUT2D eigenvalue weighted by Gasteiger charge is 2.43. The molecule has 0 radical (unpaired) electrons. The Balaban J connectivity index is 1.73. The maximum Gasteiger partial charge on any atom is 0.333 e. The van der Waals surface area contributed by atoms with Crippen LogP contribution in [0.2, 0.25) is 0 Å². The van der Waals surface area contributed by atoms with Crippen LogP contribution < -0.4 is 66.3 Å². The predicted molar refractivity (Wildman–Crippen MR) is 191 cm³/mol. The molecular weight excluding hydrogens is 680 g/mol. The van der Waals surface area contributed by atoms with Crippen molar-refractivity contribution < 1.29 is 27.6 Å². The summed E-state index contributed by atoms with van der Waals surface area (Å²) in [6.07, 6.45) is 0. The minimum atomic E-state index is -4.73. The summed E-state index contributed by atoms with van der Waals surface area (Å²) in [5.41, 5.74) is 26.7. The van der Waals surface area contributed by atoms with Gasteiger partial charge in [0.05, 0.1) is 32.5 Å². The normalized spacial score (nSPS) is 11.9. The Morgan fingerprint density at radius 1 is 0.451 bits per heavy atom. The van der Waals surface area contributed by atoms with Crippen LogP contribution in [0.4, 0.5) is 41.9 Å². The van der Waals surface area contributed by atoms with Gasteiger partial charge in [-0.3, -0.25) is 0 Å². The first-order valence-electron chi connectivity index (χ1n) is 15.0. The van der Waals surface area contributed by atoms with Gasteiger partial charge in [-0.1, -0.05) is 12.1 Å². The SMILES string of the molecule is Cc1c(N(N)C(N)=O)ccc2c1-c1c-2cc(N(N)C(N)=O)c(C)c1S(=O)(=O)c1c(C)c(N(N)C(N)=O)cc2c1-c1c-2ccc(N(N)C(N)=O)c1C. The number of nitrogens with zero attached hydrogens (tertiary/aromatic N) is 4. The quantitative estimate of drug-likeness (QED) is 0.0705. The van der Waals surface area contributed by atoms with Crippen molar-refractivity contribution in [1.82, 2.24) is 0 Å². The lowest BCUT2D eigenvalue weighted by molar-refractivity contribution is 0.253. The molecule has 0 saturated carbocycles. The number of benzene rings is 4. The zero-order chi connectivity index (χ0) is 37.8. The zero-order valence-electron chi connectivity index (χ0n) is 27.7. The summed E-state index contributed by atoms with van der Waals surface area (Å²) in [7, 11) is -4.73. The highest BCUT2D eigenvalue weighted by molar-refractivity contribution is 7.92. The fourth-order valence-corrected chi connectivity index (χ4v) is 9.23. The maximum absolute atomic E-state index is 15.5. The van der Waals surface area contributed by atoms with Crippen molar-refractivity contribution in [3.8, 4) is 44.5 Å². The summed E-state index contributed by atoms with van der Waals surface area (Å²) in [4.78, 5) is 48.2. The lowest BCUT2D eigenvalue weighted by Gasteiger charge is -2.36. The Kier molecular flexibility index (Phi) is 7.74. The summed E-state index contributed by atoms with van der Waals surface area (Å²) >= 11 is 0. The molecule has 2 aliphatic carbocycles. The number of rotatable bonds is 6. The molecule has 0 atom stereocenters. The van der Waals surface area contributed by atoms with Crippen LogP contribution >= 0.6 is 0 Å². The van der Waals surface area contributed by atoms with Crippen molar-refractivity contribution in [2.24, 2.45) is 46.3 Å². The van der Waals surface area contributed by atoms with Crippen molar-refractivity contribution in [3.05, 3.63) is 58.7 Å². The van der Waals surface area contributed by atoms with E-state index in [9.17, 15) is 19.2 Å². The fourth-order valence-electron chi connectivity index (χ4n) is 7.05. The Morgan fingerprint density at radius 3 is 1.04 bits per heavy atom. The van der Waals surface area contributed by atoms with Crippen LogP contribution in [0.3, 0.4) is 0 Å². The average Bonchev–Trinajstić information content (AvgIpc) is 3.04. The van der Waals surface area contributed by atoms with E-state index in [1.807, 2.05) is 0 Å². The molecule has 19 heteroatoms. The molecule has 264 valence electrons. The Bertz CT molecular complexity index is 2270. The number of anilines is 4. The highest BCUT2D eigenvalue weighted by Crippen LogP contribution is 2.60. The van der Waals surface area contributed by atoms with Gasteiger partial charge < -0.3 is 22.9 Å². The zero-order valence-corrected chi connectivity index (χ0v) is 28.5. The molecule has 0 spiro atoms. The lowest BCUT2D eigenvalue weighted by atomic mass is 9.76. The van der Waals surface area contributed by atoms with Gasteiger partial charge in [0.25, 0.3) is 0 Å². The van der Waals surface area contributed by atoms with E-state index in [-0.39, 0.29) is 54.8 Å². The number of carbonyl (C=O) groups excluding carboxylic acids is 4. The number of primary amides is 4. The van der Waals surface area contributed by atoms with Crippen molar-refractivity contribution >= 4 is 56.7 Å². The largest absolute Gasteiger partial charge is 0.350 e. The molecule has 4 aromatic rings. The first-order chi connectivity index (χ1) is 23.7. The summed E-state index contributed by atoms with van der Waals surface area (Å²) in [5.74, 6) is 24.1. The van der Waals surface area contributed by atoms with Crippen molar-refractivity contribution in [2.45, 2.75) is 37.5 Å². The van der Waals surface area contributed by atoms with Gasteiger partial charge in [0.2, 0.25) is 9.84 Å². The molecule has 0 aromatic heterocycles. The van der Waals surface area contributed by atoms with Crippen LogP contribution in [0.15, 0.2) is 46.2 Å². The van der Waals surface area contributed by atoms with E-state index in [1.54, 1.807) is 38.1 Å². The van der Waals surface area contributed by atoms with Crippen LogP contribution in [-0.2, 0) is 9.84 Å². The minimum absolute atomic E-state index is 0.00545. The lowest BCUT2D eigenvalue weighted by Crippen LogP contribution is -2.43. The van der Waals surface area contributed by atoms with Gasteiger partial charge in [-0.25, -0.2) is 71.0 Å². The first kappa shape index (κ1) is 34.6. The smallest absolute Gasteiger partial charge is 0.333 e. The van der Waals surface area contributed by atoms with Gasteiger partial charge in [0.1, 0.15) is 0 Å². The second-order valence-corrected chi connectivity index (χ2v) is 14.0. The van der Waals surface area contributed by atoms with E-state index in [0.717, 1.165) is 10.0 Å². The number of urea groups is 4. The number of hydrazine groups is 4. The molecule has 4 aromatic carbocycles. The summed E-state index contributed by atoms with van der Waals surface area (Å²) < 4.78 is 31.0. The van der Waals surface area contributed by atoms with Crippen LogP contribution in [0.25, 0.3) is 44.5 Å². The summed E-state index contributed by atoms with van der Waals surface area (Å²) in [6.45, 7) is 6.21. The Labute approximate surface area is 290 Å². The van der Waals surface area contributed by atoms with E-state index in [2.05, 4.69) is 0 Å². The van der Waals surface area contributed by atoms with Crippen molar-refractivity contribution in [3.63, 3.8) is 0 Å². The Morgan fingerprint density at radius 2 is 0.745 bits per heavy atom. The van der Waals surface area contributed by atoms with Gasteiger partial charge in [0.15, 0.2) is 0 Å². The number of hydrogen-bond donors (Lipinski definition) is 8. The van der Waals surface area contributed by atoms with Gasteiger partial charge >= 0.3 is 24.1 Å². The molecule has 2 aliphatic rings. The highest BCUT2D eigenvalue weighted by atomic mass is 32.2. The molecule has 8 amide bonds. The molecule has 0 bridgehead atoms. The maximum atomic E-state index is 15.5. The van der Waals surface area contributed by atoms with E-state index in [4.69, 9.17) is 46.3 Å². The monoisotopic (exact) mass is 714 g/mol.